The summed E-state index contributed by atoms with van der Waals surface area (Å²) < 4.78 is 6.36. The standard InChI is InChI=1S/C12H14BrN3O/c1-17-11-3-2-8(13)6-9(11)10(7-14)12-15-4-5-16-12/h2-6,10H,7,14H2,1H3,(H,15,16). The lowest BCUT2D eigenvalue weighted by Gasteiger charge is -2.16. The summed E-state index contributed by atoms with van der Waals surface area (Å²) in [7, 11) is 1.66. The van der Waals surface area contributed by atoms with Gasteiger partial charge in [-0.1, -0.05) is 15.9 Å². The molecule has 0 spiro atoms. The zero-order valence-electron chi connectivity index (χ0n) is 9.48. The molecule has 1 atom stereocenters. The Morgan fingerprint density at radius 2 is 2.35 bits per heavy atom. The lowest BCUT2D eigenvalue weighted by atomic mass is 9.97. The van der Waals surface area contributed by atoms with Crippen molar-refractivity contribution in [2.75, 3.05) is 13.7 Å². The number of imidazole rings is 1. The molecular weight excluding hydrogens is 282 g/mol. The van der Waals surface area contributed by atoms with Gasteiger partial charge in [0.15, 0.2) is 0 Å². The maximum Gasteiger partial charge on any atom is 0.122 e. The van der Waals surface area contributed by atoms with Crippen molar-refractivity contribution in [3.63, 3.8) is 0 Å². The summed E-state index contributed by atoms with van der Waals surface area (Å²) in [5.74, 6) is 1.68. The molecule has 0 saturated heterocycles. The number of nitrogens with zero attached hydrogens (tertiary/aromatic N) is 1. The van der Waals surface area contributed by atoms with E-state index in [9.17, 15) is 0 Å². The van der Waals surface area contributed by atoms with Gasteiger partial charge < -0.3 is 15.5 Å². The monoisotopic (exact) mass is 295 g/mol. The van der Waals surface area contributed by atoms with Crippen LogP contribution in [0.5, 0.6) is 5.75 Å². The Bertz CT molecular complexity index is 485. The third kappa shape index (κ3) is 2.50. The van der Waals surface area contributed by atoms with Crippen LogP contribution in [0.3, 0.4) is 0 Å². The summed E-state index contributed by atoms with van der Waals surface area (Å²) in [4.78, 5) is 7.36. The quantitative estimate of drug-likeness (QED) is 0.909. The van der Waals surface area contributed by atoms with E-state index in [-0.39, 0.29) is 5.92 Å². The van der Waals surface area contributed by atoms with Crippen molar-refractivity contribution in [3.05, 3.63) is 46.5 Å². The van der Waals surface area contributed by atoms with Crippen LogP contribution in [0.2, 0.25) is 0 Å². The van der Waals surface area contributed by atoms with Crippen LogP contribution in [0, 0.1) is 0 Å². The Kier molecular flexibility index (Phi) is 3.81. The molecule has 3 N–H and O–H groups in total. The Hall–Kier alpha value is -1.33. The summed E-state index contributed by atoms with van der Waals surface area (Å²) >= 11 is 3.46. The smallest absolute Gasteiger partial charge is 0.122 e. The maximum absolute atomic E-state index is 5.84. The van der Waals surface area contributed by atoms with Gasteiger partial charge in [0, 0.05) is 29.0 Å². The van der Waals surface area contributed by atoms with E-state index in [1.807, 2.05) is 18.2 Å². The number of rotatable bonds is 4. The van der Waals surface area contributed by atoms with E-state index in [1.165, 1.54) is 0 Å². The predicted octanol–water partition coefficient (Wildman–Crippen LogP) is 2.27. The molecule has 1 unspecified atom stereocenters. The maximum atomic E-state index is 5.84. The van der Waals surface area contributed by atoms with Gasteiger partial charge in [-0.2, -0.15) is 0 Å². The van der Waals surface area contributed by atoms with Crippen LogP contribution >= 0.6 is 15.9 Å². The first kappa shape index (κ1) is 12.1. The molecule has 0 fully saturated rings. The Morgan fingerprint density at radius 1 is 1.53 bits per heavy atom. The third-order valence-corrected chi connectivity index (χ3v) is 3.15. The fourth-order valence-corrected chi connectivity index (χ4v) is 2.21. The molecule has 0 amide bonds. The number of methoxy groups -OCH3 is 1. The van der Waals surface area contributed by atoms with Crippen molar-refractivity contribution in [2.45, 2.75) is 5.92 Å². The SMILES string of the molecule is COc1ccc(Br)cc1C(CN)c1ncc[nH]1. The number of benzene rings is 1. The number of halogens is 1. The molecule has 4 nitrogen and oxygen atoms in total. The minimum atomic E-state index is 0.0115. The molecule has 0 bridgehead atoms. The van der Waals surface area contributed by atoms with E-state index in [4.69, 9.17) is 10.5 Å². The molecule has 0 aliphatic heterocycles. The fraction of sp³-hybridized carbons (Fsp3) is 0.250. The van der Waals surface area contributed by atoms with Gasteiger partial charge in [0.25, 0.3) is 0 Å². The molecular formula is C12H14BrN3O. The van der Waals surface area contributed by atoms with Crippen LogP contribution in [-0.4, -0.2) is 23.6 Å². The molecule has 1 heterocycles. The molecule has 2 rings (SSSR count). The number of aromatic amines is 1. The number of hydrogen-bond acceptors (Lipinski definition) is 3. The van der Waals surface area contributed by atoms with Crippen molar-refractivity contribution < 1.29 is 4.74 Å². The largest absolute Gasteiger partial charge is 0.496 e. The van der Waals surface area contributed by atoms with Crippen LogP contribution in [0.25, 0.3) is 0 Å². The lowest BCUT2D eigenvalue weighted by Crippen LogP contribution is -2.16. The van der Waals surface area contributed by atoms with Crippen molar-refractivity contribution in [1.29, 1.82) is 0 Å². The normalized spacial score (nSPS) is 12.4. The molecule has 90 valence electrons. The van der Waals surface area contributed by atoms with Gasteiger partial charge in [-0.05, 0) is 18.2 Å². The minimum absolute atomic E-state index is 0.0115. The fourth-order valence-electron chi connectivity index (χ4n) is 1.83. The summed E-state index contributed by atoms with van der Waals surface area (Å²) in [6.07, 6.45) is 3.52. The predicted molar refractivity (Wildman–Crippen MR) is 70.2 cm³/mol. The van der Waals surface area contributed by atoms with Crippen molar-refractivity contribution in [1.82, 2.24) is 9.97 Å². The van der Waals surface area contributed by atoms with Gasteiger partial charge >= 0.3 is 0 Å². The number of hydrogen-bond donors (Lipinski definition) is 2. The van der Waals surface area contributed by atoms with E-state index < -0.39 is 0 Å². The highest BCUT2D eigenvalue weighted by molar-refractivity contribution is 9.10. The highest BCUT2D eigenvalue weighted by Gasteiger charge is 2.19. The summed E-state index contributed by atoms with van der Waals surface area (Å²) in [5, 5.41) is 0. The highest BCUT2D eigenvalue weighted by Crippen LogP contribution is 2.31. The second-order valence-electron chi connectivity index (χ2n) is 3.65. The molecule has 5 heteroatoms. The van der Waals surface area contributed by atoms with E-state index in [0.29, 0.717) is 6.54 Å². The van der Waals surface area contributed by atoms with Gasteiger partial charge in [0.05, 0.1) is 13.0 Å². The van der Waals surface area contributed by atoms with Gasteiger partial charge in [-0.15, -0.1) is 0 Å². The Morgan fingerprint density at radius 3 is 2.94 bits per heavy atom. The van der Waals surface area contributed by atoms with Crippen molar-refractivity contribution in [3.8, 4) is 5.75 Å². The van der Waals surface area contributed by atoms with Crippen molar-refractivity contribution >= 4 is 15.9 Å². The van der Waals surface area contributed by atoms with Crippen LogP contribution in [-0.2, 0) is 0 Å². The van der Waals surface area contributed by atoms with Crippen LogP contribution in [0.1, 0.15) is 17.3 Å². The van der Waals surface area contributed by atoms with Crippen LogP contribution in [0.4, 0.5) is 0 Å². The van der Waals surface area contributed by atoms with E-state index >= 15 is 0 Å². The topological polar surface area (TPSA) is 63.9 Å². The lowest BCUT2D eigenvalue weighted by molar-refractivity contribution is 0.407. The van der Waals surface area contributed by atoms with E-state index in [1.54, 1.807) is 19.5 Å². The van der Waals surface area contributed by atoms with Crippen LogP contribution < -0.4 is 10.5 Å². The first-order chi connectivity index (χ1) is 8.26. The molecule has 0 aliphatic rings. The Balaban J connectivity index is 2.46. The zero-order valence-corrected chi connectivity index (χ0v) is 11.1. The second kappa shape index (κ2) is 5.33. The van der Waals surface area contributed by atoms with Gasteiger partial charge in [-0.3, -0.25) is 0 Å². The number of nitrogens with one attached hydrogen (secondary N) is 1. The van der Waals surface area contributed by atoms with Crippen molar-refractivity contribution in [2.24, 2.45) is 5.73 Å². The number of ether oxygens (including phenoxy) is 1. The average molecular weight is 296 g/mol. The molecule has 1 aromatic carbocycles. The van der Waals surface area contributed by atoms with Gasteiger partial charge in [0.1, 0.15) is 11.6 Å². The van der Waals surface area contributed by atoms with E-state index in [0.717, 1.165) is 21.6 Å². The number of H-pyrrole nitrogens is 1. The first-order valence-electron chi connectivity index (χ1n) is 5.29. The molecule has 0 radical (unpaired) electrons. The highest BCUT2D eigenvalue weighted by atomic mass is 79.9. The molecule has 0 saturated carbocycles. The molecule has 2 aromatic rings. The third-order valence-electron chi connectivity index (χ3n) is 2.65. The number of aromatic nitrogens is 2. The Labute approximate surface area is 108 Å². The van der Waals surface area contributed by atoms with Gasteiger partial charge in [-0.25, -0.2) is 4.98 Å². The summed E-state index contributed by atoms with van der Waals surface area (Å²) in [6.45, 7) is 0.473. The minimum Gasteiger partial charge on any atom is -0.496 e. The van der Waals surface area contributed by atoms with Crippen LogP contribution in [0.15, 0.2) is 35.1 Å². The van der Waals surface area contributed by atoms with Gasteiger partial charge in [0.2, 0.25) is 0 Å². The molecule has 1 aromatic heterocycles. The summed E-state index contributed by atoms with van der Waals surface area (Å²) in [6, 6.07) is 5.88. The average Bonchev–Trinajstić information content (AvgIpc) is 2.84. The second-order valence-corrected chi connectivity index (χ2v) is 4.56. The zero-order chi connectivity index (χ0) is 12.3. The molecule has 17 heavy (non-hydrogen) atoms. The molecule has 0 aliphatic carbocycles. The first-order valence-corrected chi connectivity index (χ1v) is 6.08. The summed E-state index contributed by atoms with van der Waals surface area (Å²) in [5.41, 5.74) is 6.87. The number of nitrogens with two attached hydrogens (primary N) is 1. The van der Waals surface area contributed by atoms with E-state index in [2.05, 4.69) is 25.9 Å².